The van der Waals surface area contributed by atoms with Crippen LogP contribution < -0.4 is 9.64 Å². The van der Waals surface area contributed by atoms with Crippen molar-refractivity contribution in [3.8, 4) is 5.75 Å². The van der Waals surface area contributed by atoms with Crippen molar-refractivity contribution in [3.63, 3.8) is 0 Å². The van der Waals surface area contributed by atoms with Gasteiger partial charge in [0.1, 0.15) is 12.3 Å². The van der Waals surface area contributed by atoms with E-state index in [-0.39, 0.29) is 19.0 Å². The van der Waals surface area contributed by atoms with Crippen molar-refractivity contribution < 1.29 is 19.4 Å². The Bertz CT molecular complexity index is 669. The molecule has 0 spiro atoms. The van der Waals surface area contributed by atoms with Crippen molar-refractivity contribution in [2.45, 2.75) is 12.6 Å². The molecule has 1 aliphatic rings. The monoisotopic (exact) mass is 287 g/mol. The molecule has 1 aromatic heterocycles. The minimum atomic E-state index is -1.10. The number of benzene rings is 1. The van der Waals surface area contributed by atoms with Crippen molar-refractivity contribution in [1.29, 1.82) is 0 Å². The third-order valence-electron chi connectivity index (χ3n) is 3.21. The number of nitrogens with zero attached hydrogens (tertiary/aromatic N) is 3. The van der Waals surface area contributed by atoms with Gasteiger partial charge >= 0.3 is 5.97 Å². The van der Waals surface area contributed by atoms with Crippen molar-refractivity contribution >= 4 is 17.6 Å². The minimum Gasteiger partial charge on any atom is -0.478 e. The van der Waals surface area contributed by atoms with Crippen LogP contribution in [0, 0.1) is 0 Å². The van der Waals surface area contributed by atoms with Gasteiger partial charge in [0, 0.05) is 12.4 Å². The molecule has 0 bridgehead atoms. The Hall–Kier alpha value is -2.83. The van der Waals surface area contributed by atoms with Crippen molar-refractivity contribution in [2.75, 3.05) is 11.4 Å². The predicted octanol–water partition coefficient (Wildman–Crippen LogP) is 0.762. The van der Waals surface area contributed by atoms with E-state index in [0.717, 1.165) is 0 Å². The number of carbonyl (C=O) groups is 2. The molecule has 1 aliphatic heterocycles. The number of carboxylic acid groups (broad SMARTS) is 1. The highest BCUT2D eigenvalue weighted by molar-refractivity contribution is 5.96. The highest BCUT2D eigenvalue weighted by atomic mass is 16.5. The van der Waals surface area contributed by atoms with Gasteiger partial charge in [-0.05, 0) is 18.2 Å². The summed E-state index contributed by atoms with van der Waals surface area (Å²) in [7, 11) is 0. The smallest absolute Gasteiger partial charge is 0.346 e. The van der Waals surface area contributed by atoms with Gasteiger partial charge in [0.05, 0.1) is 12.2 Å². The summed E-state index contributed by atoms with van der Waals surface area (Å²) in [5.41, 5.74) is 0.576. The second-order valence-corrected chi connectivity index (χ2v) is 4.62. The Balaban J connectivity index is 1.89. The maximum atomic E-state index is 12.4. The third kappa shape index (κ3) is 2.58. The van der Waals surface area contributed by atoms with E-state index in [1.54, 1.807) is 42.7 Å². The number of hydrogen-bond donors (Lipinski definition) is 1. The van der Waals surface area contributed by atoms with E-state index >= 15 is 0 Å². The van der Waals surface area contributed by atoms with E-state index in [2.05, 4.69) is 5.10 Å². The summed E-state index contributed by atoms with van der Waals surface area (Å²) in [6.07, 6.45) is 2.20. The van der Waals surface area contributed by atoms with E-state index in [0.29, 0.717) is 11.4 Å². The van der Waals surface area contributed by atoms with Crippen LogP contribution in [0.3, 0.4) is 0 Å². The van der Waals surface area contributed by atoms with Crippen LogP contribution in [0.4, 0.5) is 5.69 Å². The Labute approximate surface area is 120 Å². The van der Waals surface area contributed by atoms with Gasteiger partial charge in [-0.25, -0.2) is 4.79 Å². The number of carboxylic acids is 1. The van der Waals surface area contributed by atoms with Gasteiger partial charge in [-0.15, -0.1) is 0 Å². The summed E-state index contributed by atoms with van der Waals surface area (Å²) in [6, 6.07) is 8.62. The van der Waals surface area contributed by atoms with Crippen LogP contribution in [0.15, 0.2) is 42.7 Å². The van der Waals surface area contributed by atoms with Crippen LogP contribution in [0.2, 0.25) is 0 Å². The molecule has 1 atom stereocenters. The first kappa shape index (κ1) is 13.2. The van der Waals surface area contributed by atoms with Gasteiger partial charge < -0.3 is 14.7 Å². The summed E-state index contributed by atoms with van der Waals surface area (Å²) >= 11 is 0. The number of para-hydroxylation sites is 2. The van der Waals surface area contributed by atoms with Crippen LogP contribution in [0.5, 0.6) is 5.75 Å². The molecule has 7 nitrogen and oxygen atoms in total. The maximum absolute atomic E-state index is 12.4. The molecule has 108 valence electrons. The van der Waals surface area contributed by atoms with Crippen LogP contribution in [0.25, 0.3) is 0 Å². The van der Waals surface area contributed by atoms with Crippen molar-refractivity contribution in [2.24, 2.45) is 0 Å². The van der Waals surface area contributed by atoms with E-state index < -0.39 is 12.1 Å². The topological polar surface area (TPSA) is 84.7 Å². The number of rotatable bonds is 3. The fourth-order valence-electron chi connectivity index (χ4n) is 2.22. The lowest BCUT2D eigenvalue weighted by molar-refractivity contribution is -0.145. The molecule has 0 radical (unpaired) electrons. The molecular formula is C14H13N3O4. The highest BCUT2D eigenvalue weighted by Crippen LogP contribution is 2.33. The molecule has 3 rings (SSSR count). The quantitative estimate of drug-likeness (QED) is 0.901. The molecule has 1 N–H and O–H groups in total. The second-order valence-electron chi connectivity index (χ2n) is 4.62. The van der Waals surface area contributed by atoms with Crippen LogP contribution in [-0.2, 0) is 16.1 Å². The largest absolute Gasteiger partial charge is 0.478 e. The summed E-state index contributed by atoms with van der Waals surface area (Å²) in [4.78, 5) is 25.0. The average molecular weight is 287 g/mol. The van der Waals surface area contributed by atoms with E-state index in [1.807, 2.05) is 0 Å². The Morgan fingerprint density at radius 3 is 2.86 bits per heavy atom. The van der Waals surface area contributed by atoms with E-state index in [1.165, 1.54) is 9.58 Å². The molecule has 1 amide bonds. The average Bonchev–Trinajstić information content (AvgIpc) is 2.98. The predicted molar refractivity (Wildman–Crippen MR) is 73.1 cm³/mol. The van der Waals surface area contributed by atoms with Crippen molar-refractivity contribution in [3.05, 3.63) is 42.7 Å². The number of anilines is 1. The number of amides is 1. The summed E-state index contributed by atoms with van der Waals surface area (Å²) in [5.74, 6) is -0.938. The Morgan fingerprint density at radius 2 is 2.14 bits per heavy atom. The number of aliphatic carboxylic acids is 1. The molecule has 2 aromatic rings. The number of hydrogen-bond acceptors (Lipinski definition) is 4. The summed E-state index contributed by atoms with van der Waals surface area (Å²) in [6.45, 7) is 0.0279. The van der Waals surface area contributed by atoms with E-state index in [4.69, 9.17) is 9.84 Å². The Kier molecular flexibility index (Phi) is 3.31. The molecule has 0 saturated carbocycles. The molecule has 2 heterocycles. The fraction of sp³-hybridized carbons (Fsp3) is 0.214. The molecular weight excluding hydrogens is 274 g/mol. The van der Waals surface area contributed by atoms with Crippen LogP contribution in [0.1, 0.15) is 0 Å². The molecule has 0 aliphatic carbocycles. The first-order valence-corrected chi connectivity index (χ1v) is 6.41. The molecule has 0 fully saturated rings. The van der Waals surface area contributed by atoms with Crippen LogP contribution in [-0.4, -0.2) is 39.4 Å². The van der Waals surface area contributed by atoms with Gasteiger partial charge in [-0.1, -0.05) is 12.1 Å². The van der Waals surface area contributed by atoms with Gasteiger partial charge in [0.15, 0.2) is 0 Å². The Morgan fingerprint density at radius 1 is 1.33 bits per heavy atom. The maximum Gasteiger partial charge on any atom is 0.346 e. The number of fused-ring (bicyclic) bond motifs is 1. The first-order chi connectivity index (χ1) is 10.1. The lowest BCUT2D eigenvalue weighted by Gasteiger charge is -2.33. The summed E-state index contributed by atoms with van der Waals surface area (Å²) < 4.78 is 6.89. The molecule has 21 heavy (non-hydrogen) atoms. The zero-order valence-corrected chi connectivity index (χ0v) is 11.0. The molecule has 7 heteroatoms. The molecule has 1 unspecified atom stereocenters. The van der Waals surface area contributed by atoms with Gasteiger partial charge in [0.25, 0.3) is 0 Å². The normalized spacial score (nSPS) is 17.0. The zero-order valence-electron chi connectivity index (χ0n) is 11.0. The summed E-state index contributed by atoms with van der Waals surface area (Å²) in [5, 5.41) is 13.1. The lowest BCUT2D eigenvalue weighted by Crippen LogP contribution is -2.48. The lowest BCUT2D eigenvalue weighted by atomic mass is 10.2. The zero-order chi connectivity index (χ0) is 14.8. The van der Waals surface area contributed by atoms with Gasteiger partial charge in [-0.3, -0.25) is 9.48 Å². The minimum absolute atomic E-state index is 0.0214. The molecule has 1 aromatic carbocycles. The third-order valence-corrected chi connectivity index (χ3v) is 3.21. The van der Waals surface area contributed by atoms with Crippen molar-refractivity contribution in [1.82, 2.24) is 9.78 Å². The standard InChI is InChI=1S/C14H13N3O4/c18-13(9-16-7-3-6-15-16)17-8-12(14(19)20)21-11-5-2-1-4-10(11)17/h1-7,12H,8-9H2,(H,19,20). The van der Waals surface area contributed by atoms with Gasteiger partial charge in [-0.2, -0.15) is 5.10 Å². The highest BCUT2D eigenvalue weighted by Gasteiger charge is 2.33. The van der Waals surface area contributed by atoms with Gasteiger partial charge in [0.2, 0.25) is 12.0 Å². The van der Waals surface area contributed by atoms with E-state index in [9.17, 15) is 9.59 Å². The van der Waals surface area contributed by atoms with Crippen LogP contribution >= 0.6 is 0 Å². The SMILES string of the molecule is O=C(O)C1CN(C(=O)Cn2cccn2)c2ccccc2O1. The second kappa shape index (κ2) is 5.28. The number of ether oxygens (including phenoxy) is 1. The molecule has 0 saturated heterocycles. The number of aromatic nitrogens is 2. The number of carbonyl (C=O) groups excluding carboxylic acids is 1. The fourth-order valence-corrected chi connectivity index (χ4v) is 2.22. The first-order valence-electron chi connectivity index (χ1n) is 6.41.